The van der Waals surface area contributed by atoms with E-state index in [0.29, 0.717) is 23.8 Å². The van der Waals surface area contributed by atoms with Crippen LogP contribution in [0.2, 0.25) is 0 Å². The highest BCUT2D eigenvalue weighted by molar-refractivity contribution is 5.92. The molecular weight excluding hydrogens is 422 g/mol. The Morgan fingerprint density at radius 1 is 1.03 bits per heavy atom. The van der Waals surface area contributed by atoms with E-state index in [-0.39, 0.29) is 36.4 Å². The Morgan fingerprint density at radius 2 is 1.85 bits per heavy atom. The highest BCUT2D eigenvalue weighted by Gasteiger charge is 2.33. The van der Waals surface area contributed by atoms with E-state index in [1.807, 2.05) is 48.5 Å². The third-order valence-corrected chi connectivity index (χ3v) is 5.71. The lowest BCUT2D eigenvalue weighted by Crippen LogP contribution is -2.34. The van der Waals surface area contributed by atoms with E-state index in [2.05, 4.69) is 5.10 Å². The van der Waals surface area contributed by atoms with Crippen LogP contribution in [0.15, 0.2) is 65.5 Å². The molecule has 1 aliphatic rings. The Labute approximate surface area is 192 Å². The predicted molar refractivity (Wildman–Crippen MR) is 123 cm³/mol. The summed E-state index contributed by atoms with van der Waals surface area (Å²) in [7, 11) is 3.21. The van der Waals surface area contributed by atoms with Crippen LogP contribution in [0.4, 0.5) is 0 Å². The Balaban J connectivity index is 1.51. The molecule has 172 valence electrons. The Morgan fingerprint density at radius 3 is 2.61 bits per heavy atom. The molecule has 0 N–H and O–H groups in total. The SMILES string of the molecule is COc1ccc(C2CCCN2C(=O)c2ccc(=O)n(CCOc3ccccc3)n2)c(OC)c1. The predicted octanol–water partition coefficient (Wildman–Crippen LogP) is 3.32. The van der Waals surface area contributed by atoms with Gasteiger partial charge in [-0.2, -0.15) is 5.10 Å². The van der Waals surface area contributed by atoms with Crippen molar-refractivity contribution >= 4 is 5.91 Å². The van der Waals surface area contributed by atoms with E-state index in [1.54, 1.807) is 19.1 Å². The topological polar surface area (TPSA) is 82.9 Å². The minimum atomic E-state index is -0.280. The third-order valence-electron chi connectivity index (χ3n) is 5.71. The van der Waals surface area contributed by atoms with Crippen molar-refractivity contribution in [3.63, 3.8) is 0 Å². The number of nitrogens with zero attached hydrogens (tertiary/aromatic N) is 3. The number of likely N-dealkylation sites (tertiary alicyclic amines) is 1. The van der Waals surface area contributed by atoms with Gasteiger partial charge in [0, 0.05) is 24.2 Å². The van der Waals surface area contributed by atoms with Gasteiger partial charge in [-0.05, 0) is 43.2 Å². The molecule has 1 saturated heterocycles. The Kier molecular flexibility index (Phi) is 6.92. The molecule has 8 heteroatoms. The molecule has 1 amide bonds. The van der Waals surface area contributed by atoms with Crippen LogP contribution in [0, 0.1) is 0 Å². The van der Waals surface area contributed by atoms with Crippen LogP contribution in [0.25, 0.3) is 0 Å². The van der Waals surface area contributed by atoms with E-state index in [4.69, 9.17) is 14.2 Å². The molecule has 0 aliphatic carbocycles. The summed E-state index contributed by atoms with van der Waals surface area (Å²) in [4.78, 5) is 27.4. The van der Waals surface area contributed by atoms with Crippen molar-refractivity contribution in [3.05, 3.63) is 82.3 Å². The van der Waals surface area contributed by atoms with Crippen LogP contribution in [0.3, 0.4) is 0 Å². The third kappa shape index (κ3) is 5.00. The molecule has 1 fully saturated rings. The fraction of sp³-hybridized carbons (Fsp3) is 0.320. The van der Waals surface area contributed by atoms with Crippen LogP contribution in [-0.4, -0.2) is 48.0 Å². The number of amides is 1. The number of ether oxygens (including phenoxy) is 3. The molecule has 4 rings (SSSR count). The fourth-order valence-corrected chi connectivity index (χ4v) is 4.06. The van der Waals surface area contributed by atoms with Crippen molar-refractivity contribution in [1.29, 1.82) is 0 Å². The van der Waals surface area contributed by atoms with Gasteiger partial charge in [0.1, 0.15) is 29.5 Å². The summed E-state index contributed by atoms with van der Waals surface area (Å²) in [5.74, 6) is 1.87. The number of carbonyl (C=O) groups is 1. The summed E-state index contributed by atoms with van der Waals surface area (Å²) < 4.78 is 17.8. The molecule has 0 spiro atoms. The molecular formula is C25H27N3O5. The summed E-state index contributed by atoms with van der Waals surface area (Å²) >= 11 is 0. The van der Waals surface area contributed by atoms with Crippen LogP contribution in [0.5, 0.6) is 17.2 Å². The number of aromatic nitrogens is 2. The van der Waals surface area contributed by atoms with Gasteiger partial charge < -0.3 is 19.1 Å². The number of rotatable bonds is 8. The van der Waals surface area contributed by atoms with Crippen LogP contribution < -0.4 is 19.8 Å². The zero-order valence-electron chi connectivity index (χ0n) is 18.8. The average Bonchev–Trinajstić information content (AvgIpc) is 3.34. The van der Waals surface area contributed by atoms with E-state index < -0.39 is 0 Å². The van der Waals surface area contributed by atoms with Crippen molar-refractivity contribution < 1.29 is 19.0 Å². The maximum Gasteiger partial charge on any atom is 0.274 e. The monoisotopic (exact) mass is 449 g/mol. The van der Waals surface area contributed by atoms with Crippen LogP contribution in [0.1, 0.15) is 34.9 Å². The van der Waals surface area contributed by atoms with Gasteiger partial charge in [0.2, 0.25) is 0 Å². The lowest BCUT2D eigenvalue weighted by atomic mass is 10.0. The van der Waals surface area contributed by atoms with Crippen LogP contribution in [-0.2, 0) is 6.54 Å². The summed E-state index contributed by atoms with van der Waals surface area (Å²) in [6.07, 6.45) is 1.69. The lowest BCUT2D eigenvalue weighted by Gasteiger charge is -2.26. The normalized spacial score (nSPS) is 15.3. The van der Waals surface area contributed by atoms with Crippen molar-refractivity contribution in [2.75, 3.05) is 27.4 Å². The molecule has 2 aromatic carbocycles. The molecule has 1 atom stereocenters. The Bertz CT molecular complexity index is 1160. The van der Waals surface area contributed by atoms with Gasteiger partial charge in [-0.15, -0.1) is 0 Å². The van der Waals surface area contributed by atoms with Crippen molar-refractivity contribution in [1.82, 2.24) is 14.7 Å². The molecule has 3 aromatic rings. The standard InChI is InChI=1S/C25H27N3O5/c1-31-19-10-11-20(23(17-19)32-2)22-9-6-14-27(22)25(30)21-12-13-24(29)28(26-21)15-16-33-18-7-4-3-5-8-18/h3-5,7-8,10-13,17,22H,6,9,14-16H2,1-2H3. The summed E-state index contributed by atoms with van der Waals surface area (Å²) in [6.45, 7) is 1.12. The first-order valence-electron chi connectivity index (χ1n) is 10.9. The van der Waals surface area contributed by atoms with E-state index >= 15 is 0 Å². The van der Waals surface area contributed by atoms with Crippen molar-refractivity contribution in [3.8, 4) is 17.2 Å². The number of benzene rings is 2. The highest BCUT2D eigenvalue weighted by atomic mass is 16.5. The lowest BCUT2D eigenvalue weighted by molar-refractivity contribution is 0.0724. The second kappa shape index (κ2) is 10.2. The maximum absolute atomic E-state index is 13.4. The average molecular weight is 450 g/mol. The highest BCUT2D eigenvalue weighted by Crippen LogP contribution is 2.39. The molecule has 1 unspecified atom stereocenters. The molecule has 33 heavy (non-hydrogen) atoms. The second-order valence-corrected chi connectivity index (χ2v) is 7.71. The summed E-state index contributed by atoms with van der Waals surface area (Å²) in [5.41, 5.74) is 0.875. The quantitative estimate of drug-likeness (QED) is 0.525. The van der Waals surface area contributed by atoms with E-state index in [1.165, 1.54) is 16.8 Å². The number of carbonyl (C=O) groups excluding carboxylic acids is 1. The van der Waals surface area contributed by atoms with Gasteiger partial charge in [0.25, 0.3) is 11.5 Å². The molecule has 0 saturated carbocycles. The van der Waals surface area contributed by atoms with Crippen LogP contribution >= 0.6 is 0 Å². The van der Waals surface area contributed by atoms with E-state index in [0.717, 1.165) is 18.4 Å². The molecule has 1 aromatic heterocycles. The molecule has 0 bridgehead atoms. The molecule has 8 nitrogen and oxygen atoms in total. The van der Waals surface area contributed by atoms with Gasteiger partial charge in [-0.25, -0.2) is 4.68 Å². The first-order chi connectivity index (χ1) is 16.1. The van der Waals surface area contributed by atoms with E-state index in [9.17, 15) is 9.59 Å². The van der Waals surface area contributed by atoms with Gasteiger partial charge in [0.15, 0.2) is 0 Å². The number of hydrogen-bond acceptors (Lipinski definition) is 6. The largest absolute Gasteiger partial charge is 0.497 e. The smallest absolute Gasteiger partial charge is 0.274 e. The van der Waals surface area contributed by atoms with Crippen molar-refractivity contribution in [2.45, 2.75) is 25.4 Å². The van der Waals surface area contributed by atoms with Gasteiger partial charge >= 0.3 is 0 Å². The maximum atomic E-state index is 13.4. The van der Waals surface area contributed by atoms with Gasteiger partial charge in [-0.1, -0.05) is 18.2 Å². The van der Waals surface area contributed by atoms with Gasteiger partial charge in [-0.3, -0.25) is 9.59 Å². The first-order valence-corrected chi connectivity index (χ1v) is 10.9. The van der Waals surface area contributed by atoms with Gasteiger partial charge in [0.05, 0.1) is 26.8 Å². The van der Waals surface area contributed by atoms with Crippen molar-refractivity contribution in [2.24, 2.45) is 0 Å². The Hall–Kier alpha value is -3.81. The molecule has 0 radical (unpaired) electrons. The zero-order chi connectivity index (χ0) is 23.2. The zero-order valence-corrected chi connectivity index (χ0v) is 18.8. The first kappa shape index (κ1) is 22.4. The summed E-state index contributed by atoms with van der Waals surface area (Å²) in [5, 5.41) is 4.33. The number of hydrogen-bond donors (Lipinski definition) is 0. The number of methoxy groups -OCH3 is 2. The fourth-order valence-electron chi connectivity index (χ4n) is 4.06. The minimum Gasteiger partial charge on any atom is -0.497 e. The summed E-state index contributed by atoms with van der Waals surface area (Å²) in [6, 6.07) is 17.7. The second-order valence-electron chi connectivity index (χ2n) is 7.71. The number of para-hydroxylation sites is 1. The minimum absolute atomic E-state index is 0.137. The molecule has 1 aliphatic heterocycles. The molecule has 2 heterocycles.